The van der Waals surface area contributed by atoms with Crippen LogP contribution in [0.3, 0.4) is 0 Å². The maximum absolute atomic E-state index is 14.0. The molecule has 12 heteroatoms. The lowest BCUT2D eigenvalue weighted by molar-refractivity contribution is -0.171. The predicted octanol–water partition coefficient (Wildman–Crippen LogP) is 2.76. The minimum atomic E-state index is -3.19. The fourth-order valence-electron chi connectivity index (χ4n) is 5.65. The molecule has 11 nitrogen and oxygen atoms in total. The molecule has 2 bridgehead atoms. The summed E-state index contributed by atoms with van der Waals surface area (Å²) < 4.78 is 34.3. The van der Waals surface area contributed by atoms with Crippen LogP contribution in [0.1, 0.15) is 47.5 Å². The Morgan fingerprint density at radius 1 is 0.854 bits per heavy atom. The minimum absolute atomic E-state index is 0.116. The van der Waals surface area contributed by atoms with E-state index < -0.39 is 44.7 Å². The molecule has 1 aliphatic heterocycles. The second-order valence-corrected chi connectivity index (χ2v) is 13.3. The molecule has 1 saturated heterocycles. The van der Waals surface area contributed by atoms with Crippen molar-refractivity contribution in [2.45, 2.75) is 59.2 Å². The molecule has 1 heterocycles. The van der Waals surface area contributed by atoms with Crippen molar-refractivity contribution in [3.05, 3.63) is 36.5 Å². The first-order valence-corrected chi connectivity index (χ1v) is 16.1. The molecule has 0 radical (unpaired) electrons. The lowest BCUT2D eigenvalue weighted by Gasteiger charge is -2.49. The van der Waals surface area contributed by atoms with E-state index in [2.05, 4.69) is 13.2 Å². The van der Waals surface area contributed by atoms with Crippen LogP contribution in [0, 0.1) is 23.7 Å². The lowest BCUT2D eigenvalue weighted by Crippen LogP contribution is -2.70. The number of hydrogen-bond donors (Lipinski definition) is 0. The van der Waals surface area contributed by atoms with Crippen LogP contribution in [-0.2, 0) is 46.7 Å². The molecule has 5 unspecified atom stereocenters. The van der Waals surface area contributed by atoms with E-state index in [0.717, 1.165) is 0 Å². The molecule has 228 valence electrons. The van der Waals surface area contributed by atoms with Gasteiger partial charge in [-0.05, 0) is 59.3 Å². The van der Waals surface area contributed by atoms with Crippen LogP contribution in [0.2, 0.25) is 0 Å². The van der Waals surface area contributed by atoms with Crippen LogP contribution in [0.15, 0.2) is 36.5 Å². The molecule has 1 amide bonds. The molecule has 1 saturated carbocycles. The predicted molar refractivity (Wildman–Crippen MR) is 150 cm³/mol. The smallest absolute Gasteiger partial charge is 0.458 e. The van der Waals surface area contributed by atoms with E-state index in [1.165, 1.54) is 13.8 Å². The molecule has 3 aliphatic rings. The number of esters is 3. The largest absolute Gasteiger partial charge is 0.524 e. The third-order valence-electron chi connectivity index (χ3n) is 7.54. The van der Waals surface area contributed by atoms with Crippen LogP contribution < -0.4 is 0 Å². The maximum Gasteiger partial charge on any atom is 0.524 e. The van der Waals surface area contributed by atoms with Crippen LogP contribution in [0.4, 0.5) is 0 Å². The van der Waals surface area contributed by atoms with Crippen molar-refractivity contribution in [2.75, 3.05) is 39.6 Å². The number of allylic oxidation sites excluding steroid dienone is 2. The van der Waals surface area contributed by atoms with E-state index in [-0.39, 0.29) is 47.8 Å². The minimum Gasteiger partial charge on any atom is -0.458 e. The zero-order valence-corrected chi connectivity index (χ0v) is 25.7. The summed E-state index contributed by atoms with van der Waals surface area (Å²) in [7, 11) is -3.19. The Kier molecular flexibility index (Phi) is 11.5. The van der Waals surface area contributed by atoms with Gasteiger partial charge in [0.05, 0.1) is 11.8 Å². The summed E-state index contributed by atoms with van der Waals surface area (Å²) in [4.78, 5) is 53.4. The molecule has 2 aliphatic carbocycles. The van der Waals surface area contributed by atoms with Crippen molar-refractivity contribution in [1.29, 1.82) is 0 Å². The third-order valence-corrected chi connectivity index (χ3v) is 11.0. The number of nitrogens with zero attached hydrogens (tertiary/aromatic N) is 1. The zero-order valence-electron chi connectivity index (χ0n) is 24.7. The van der Waals surface area contributed by atoms with Crippen molar-refractivity contribution in [3.63, 3.8) is 0 Å². The monoisotopic (exact) mass is 593 g/mol. The first-order valence-electron chi connectivity index (χ1n) is 14.3. The fourth-order valence-corrected chi connectivity index (χ4v) is 8.81. The molecule has 0 spiro atoms. The molecule has 2 fully saturated rings. The van der Waals surface area contributed by atoms with Gasteiger partial charge >= 0.3 is 26.7 Å². The Balaban J connectivity index is 1.78. The lowest BCUT2D eigenvalue weighted by atomic mass is 9.81. The second kappa shape index (κ2) is 14.4. The van der Waals surface area contributed by atoms with Gasteiger partial charge in [0.25, 0.3) is 0 Å². The summed E-state index contributed by atoms with van der Waals surface area (Å²) in [5.74, 6) is -3.76. The van der Waals surface area contributed by atoms with Gasteiger partial charge in [-0.1, -0.05) is 25.3 Å². The van der Waals surface area contributed by atoms with E-state index in [4.69, 9.17) is 27.5 Å². The van der Waals surface area contributed by atoms with Gasteiger partial charge in [-0.2, -0.15) is 0 Å². The van der Waals surface area contributed by atoms with E-state index in [1.54, 1.807) is 4.90 Å². The number of amides is 1. The molecule has 5 atom stereocenters. The SMILES string of the molecule is C=C(C)C(=O)OCC(COC(=O)C(=C)C)OC(=O)C1C2C=CC(C2)C1C(=O)N1CCC1[Si](OCC)(OCC)OCC. The van der Waals surface area contributed by atoms with Crippen molar-refractivity contribution in [1.82, 2.24) is 4.90 Å². The van der Waals surface area contributed by atoms with Gasteiger partial charge in [0.1, 0.15) is 18.9 Å². The van der Waals surface area contributed by atoms with Crippen LogP contribution in [0.5, 0.6) is 0 Å². The van der Waals surface area contributed by atoms with Gasteiger partial charge < -0.3 is 32.4 Å². The molecule has 0 aromatic heterocycles. The Bertz CT molecular complexity index is 1010. The third kappa shape index (κ3) is 7.35. The van der Waals surface area contributed by atoms with E-state index in [9.17, 15) is 19.2 Å². The molecular weight excluding hydrogens is 550 g/mol. The number of rotatable bonds is 16. The number of ether oxygens (including phenoxy) is 3. The highest BCUT2D eigenvalue weighted by molar-refractivity contribution is 6.63. The molecule has 0 N–H and O–H groups in total. The van der Waals surface area contributed by atoms with Crippen molar-refractivity contribution in [3.8, 4) is 0 Å². The number of likely N-dealkylation sites (tertiary alicyclic amines) is 1. The number of hydrogen-bond acceptors (Lipinski definition) is 10. The Morgan fingerprint density at radius 3 is 1.76 bits per heavy atom. The summed E-state index contributed by atoms with van der Waals surface area (Å²) in [6.45, 7) is 16.7. The standard InChI is InChI=1S/C29H43NO10Si/c1-8-37-41(38-9-2,39-10-3)23-13-14-30(23)26(31)24-20-11-12-21(15-20)25(24)29(34)40-22(16-35-27(32)18(4)5)17-36-28(33)19(6)7/h11-12,20-25H,4,6,8-10,13-17H2,1-3,5,7H3. The van der Waals surface area contributed by atoms with Crippen LogP contribution in [-0.4, -0.2) is 88.9 Å². The highest BCUT2D eigenvalue weighted by Gasteiger charge is 2.61. The molecule has 0 aromatic carbocycles. The van der Waals surface area contributed by atoms with Gasteiger partial charge in [0.15, 0.2) is 6.10 Å². The van der Waals surface area contributed by atoms with E-state index in [1.807, 2.05) is 32.9 Å². The second-order valence-electron chi connectivity index (χ2n) is 10.6. The molecular formula is C29H43NO10Si. The maximum atomic E-state index is 14.0. The van der Waals surface area contributed by atoms with Gasteiger partial charge in [-0.25, -0.2) is 9.59 Å². The van der Waals surface area contributed by atoms with Gasteiger partial charge in [-0.3, -0.25) is 9.59 Å². The first kappa shape index (κ1) is 32.7. The summed E-state index contributed by atoms with van der Waals surface area (Å²) in [6, 6.07) is 0. The van der Waals surface area contributed by atoms with Crippen molar-refractivity contribution in [2.24, 2.45) is 23.7 Å². The van der Waals surface area contributed by atoms with Crippen molar-refractivity contribution >= 4 is 32.6 Å². The quantitative estimate of drug-likeness (QED) is 0.0867. The number of carbonyl (C=O) groups is 4. The van der Waals surface area contributed by atoms with Gasteiger partial charge in [-0.15, -0.1) is 0 Å². The summed E-state index contributed by atoms with van der Waals surface area (Å²) in [6.07, 6.45) is 4.21. The highest BCUT2D eigenvalue weighted by Crippen LogP contribution is 2.50. The Labute approximate surface area is 243 Å². The summed E-state index contributed by atoms with van der Waals surface area (Å²) >= 11 is 0. The normalized spacial score (nSPS) is 24.6. The van der Waals surface area contributed by atoms with Gasteiger partial charge in [0, 0.05) is 37.5 Å². The van der Waals surface area contributed by atoms with Crippen molar-refractivity contribution < 1.29 is 46.7 Å². The van der Waals surface area contributed by atoms with Gasteiger partial charge in [0.2, 0.25) is 5.91 Å². The first-order chi connectivity index (χ1) is 19.5. The average Bonchev–Trinajstić information content (AvgIpc) is 3.51. The highest BCUT2D eigenvalue weighted by atomic mass is 28.4. The average molecular weight is 594 g/mol. The zero-order chi connectivity index (χ0) is 30.3. The van der Waals surface area contributed by atoms with E-state index >= 15 is 0 Å². The number of fused-ring (bicyclic) bond motifs is 2. The Morgan fingerprint density at radius 2 is 1.34 bits per heavy atom. The summed E-state index contributed by atoms with van der Waals surface area (Å²) in [5.41, 5.74) is 0.0195. The molecule has 41 heavy (non-hydrogen) atoms. The fraction of sp³-hybridized carbons (Fsp3) is 0.655. The molecule has 3 rings (SSSR count). The van der Waals surface area contributed by atoms with E-state index in [0.29, 0.717) is 39.2 Å². The van der Waals surface area contributed by atoms with Crippen LogP contribution >= 0.6 is 0 Å². The Hall–Kier alpha value is -2.80. The summed E-state index contributed by atoms with van der Waals surface area (Å²) in [5, 5.41) is 0. The number of carbonyl (C=O) groups excluding carboxylic acids is 4. The van der Waals surface area contributed by atoms with Crippen LogP contribution in [0.25, 0.3) is 0 Å². The topological polar surface area (TPSA) is 127 Å². The molecule has 0 aromatic rings.